The Morgan fingerprint density at radius 3 is 2.67 bits per heavy atom. The third-order valence-electron chi connectivity index (χ3n) is 4.29. The lowest BCUT2D eigenvalue weighted by molar-refractivity contribution is -0.121. The normalized spacial score (nSPS) is 16.0. The molecule has 0 radical (unpaired) electrons. The predicted octanol–water partition coefficient (Wildman–Crippen LogP) is 3.00. The molecule has 0 bridgehead atoms. The van der Waals surface area contributed by atoms with E-state index in [4.69, 9.17) is 9.15 Å². The molecule has 1 saturated heterocycles. The maximum absolute atomic E-state index is 12.1. The minimum absolute atomic E-state index is 0.00156. The Morgan fingerprint density at radius 1 is 1.17 bits per heavy atom. The number of amides is 1. The molecule has 2 aromatic rings. The van der Waals surface area contributed by atoms with Crippen molar-refractivity contribution < 1.29 is 13.9 Å². The Bertz CT molecular complexity index is 607. The number of carbonyl (C=O) groups is 1. The van der Waals surface area contributed by atoms with E-state index in [2.05, 4.69) is 10.2 Å². The van der Waals surface area contributed by atoms with E-state index >= 15 is 0 Å². The van der Waals surface area contributed by atoms with Gasteiger partial charge in [0.2, 0.25) is 5.91 Å². The SMILES string of the molecule is O=C(CCOc1ccccc1)NCC(c1ccco1)N1CCCC1. The molecule has 0 aliphatic carbocycles. The number of hydrogen-bond donors (Lipinski definition) is 1. The fourth-order valence-electron chi connectivity index (χ4n) is 3.02. The van der Waals surface area contributed by atoms with Crippen LogP contribution in [0.15, 0.2) is 53.1 Å². The number of nitrogens with zero attached hydrogens (tertiary/aromatic N) is 1. The number of likely N-dealkylation sites (tertiary alicyclic amines) is 1. The molecule has 0 saturated carbocycles. The van der Waals surface area contributed by atoms with E-state index in [9.17, 15) is 4.79 Å². The van der Waals surface area contributed by atoms with Crippen molar-refractivity contribution in [2.75, 3.05) is 26.2 Å². The lowest BCUT2D eigenvalue weighted by atomic mass is 10.2. The van der Waals surface area contributed by atoms with Crippen LogP contribution in [0.25, 0.3) is 0 Å². The molecule has 1 atom stereocenters. The minimum atomic E-state index is 0.00156. The van der Waals surface area contributed by atoms with E-state index in [0.717, 1.165) is 24.6 Å². The van der Waals surface area contributed by atoms with Crippen LogP contribution in [0.3, 0.4) is 0 Å². The standard InChI is InChI=1S/C19H24N2O3/c22-19(10-14-23-16-7-2-1-3-8-16)20-15-17(18-9-6-13-24-18)21-11-4-5-12-21/h1-3,6-9,13,17H,4-5,10-12,14-15H2,(H,20,22). The Kier molecular flexibility index (Phi) is 5.90. The first kappa shape index (κ1) is 16.6. The van der Waals surface area contributed by atoms with Crippen molar-refractivity contribution in [3.63, 3.8) is 0 Å². The van der Waals surface area contributed by atoms with Crippen LogP contribution >= 0.6 is 0 Å². The Balaban J connectivity index is 1.44. The van der Waals surface area contributed by atoms with Crippen molar-refractivity contribution in [3.8, 4) is 5.75 Å². The van der Waals surface area contributed by atoms with Crippen LogP contribution in [0.5, 0.6) is 5.75 Å². The highest BCUT2D eigenvalue weighted by Crippen LogP contribution is 2.24. The summed E-state index contributed by atoms with van der Waals surface area (Å²) in [7, 11) is 0. The average molecular weight is 328 g/mol. The van der Waals surface area contributed by atoms with E-state index in [-0.39, 0.29) is 11.9 Å². The van der Waals surface area contributed by atoms with Gasteiger partial charge in [-0.05, 0) is 50.2 Å². The van der Waals surface area contributed by atoms with Gasteiger partial charge in [0.25, 0.3) is 0 Å². The van der Waals surface area contributed by atoms with Crippen LogP contribution in [0.2, 0.25) is 0 Å². The number of hydrogen-bond acceptors (Lipinski definition) is 4. The topological polar surface area (TPSA) is 54.7 Å². The molecule has 1 fully saturated rings. The molecule has 24 heavy (non-hydrogen) atoms. The molecule has 1 aromatic carbocycles. The maximum atomic E-state index is 12.1. The zero-order chi connectivity index (χ0) is 16.6. The molecule has 5 heteroatoms. The largest absolute Gasteiger partial charge is 0.493 e. The van der Waals surface area contributed by atoms with E-state index in [1.807, 2.05) is 42.5 Å². The number of carbonyl (C=O) groups excluding carboxylic acids is 1. The van der Waals surface area contributed by atoms with Crippen LogP contribution in [-0.2, 0) is 4.79 Å². The van der Waals surface area contributed by atoms with Crippen molar-refractivity contribution >= 4 is 5.91 Å². The smallest absolute Gasteiger partial charge is 0.223 e. The Morgan fingerprint density at radius 2 is 1.96 bits per heavy atom. The van der Waals surface area contributed by atoms with Crippen molar-refractivity contribution in [2.45, 2.75) is 25.3 Å². The number of furan rings is 1. The first-order valence-electron chi connectivity index (χ1n) is 8.55. The van der Waals surface area contributed by atoms with Crippen LogP contribution in [-0.4, -0.2) is 37.0 Å². The molecule has 5 nitrogen and oxygen atoms in total. The van der Waals surface area contributed by atoms with Crippen LogP contribution < -0.4 is 10.1 Å². The molecule has 1 unspecified atom stereocenters. The van der Waals surface area contributed by atoms with E-state index in [1.165, 1.54) is 12.8 Å². The number of benzene rings is 1. The summed E-state index contributed by atoms with van der Waals surface area (Å²) in [5.74, 6) is 1.70. The summed E-state index contributed by atoms with van der Waals surface area (Å²) < 4.78 is 11.1. The molecule has 1 N–H and O–H groups in total. The zero-order valence-electron chi connectivity index (χ0n) is 13.8. The quantitative estimate of drug-likeness (QED) is 0.809. The molecule has 3 rings (SSSR count). The molecule has 128 valence electrons. The molecule has 1 aliphatic rings. The van der Waals surface area contributed by atoms with Gasteiger partial charge in [0.05, 0.1) is 25.3 Å². The third-order valence-corrected chi connectivity index (χ3v) is 4.29. The number of ether oxygens (including phenoxy) is 1. The summed E-state index contributed by atoms with van der Waals surface area (Å²) in [5.41, 5.74) is 0. The maximum Gasteiger partial charge on any atom is 0.223 e. The average Bonchev–Trinajstić information content (AvgIpc) is 3.30. The van der Waals surface area contributed by atoms with Gasteiger partial charge in [0.15, 0.2) is 0 Å². The first-order valence-corrected chi connectivity index (χ1v) is 8.55. The highest BCUT2D eigenvalue weighted by Gasteiger charge is 2.25. The molecule has 1 aliphatic heterocycles. The fraction of sp³-hybridized carbons (Fsp3) is 0.421. The van der Waals surface area contributed by atoms with Gasteiger partial charge in [-0.15, -0.1) is 0 Å². The second-order valence-corrected chi connectivity index (χ2v) is 5.99. The number of nitrogens with one attached hydrogen (secondary N) is 1. The predicted molar refractivity (Wildman–Crippen MR) is 91.8 cm³/mol. The van der Waals surface area contributed by atoms with Crippen molar-refractivity contribution in [2.24, 2.45) is 0 Å². The third kappa shape index (κ3) is 4.61. The summed E-state index contributed by atoms with van der Waals surface area (Å²) in [5, 5.41) is 3.01. The highest BCUT2D eigenvalue weighted by atomic mass is 16.5. The Hall–Kier alpha value is -2.27. The van der Waals surface area contributed by atoms with Crippen LogP contribution in [0, 0.1) is 0 Å². The number of para-hydroxylation sites is 1. The summed E-state index contributed by atoms with van der Waals surface area (Å²) in [6.07, 6.45) is 4.44. The van der Waals surface area contributed by atoms with Gasteiger partial charge in [0.1, 0.15) is 11.5 Å². The second kappa shape index (κ2) is 8.55. The van der Waals surface area contributed by atoms with E-state index in [1.54, 1.807) is 6.26 Å². The molecular formula is C19H24N2O3. The van der Waals surface area contributed by atoms with Crippen molar-refractivity contribution in [3.05, 3.63) is 54.5 Å². The van der Waals surface area contributed by atoms with E-state index in [0.29, 0.717) is 19.6 Å². The van der Waals surface area contributed by atoms with Gasteiger partial charge in [-0.25, -0.2) is 0 Å². The minimum Gasteiger partial charge on any atom is -0.493 e. The Labute approximate surface area is 142 Å². The zero-order valence-corrected chi connectivity index (χ0v) is 13.8. The fourth-order valence-corrected chi connectivity index (χ4v) is 3.02. The van der Waals surface area contributed by atoms with Gasteiger partial charge in [-0.1, -0.05) is 18.2 Å². The van der Waals surface area contributed by atoms with Crippen LogP contribution in [0.4, 0.5) is 0 Å². The summed E-state index contributed by atoms with van der Waals surface area (Å²) in [6.45, 7) is 3.05. The lowest BCUT2D eigenvalue weighted by Crippen LogP contribution is -2.37. The first-order chi connectivity index (χ1) is 11.8. The van der Waals surface area contributed by atoms with Gasteiger partial charge >= 0.3 is 0 Å². The van der Waals surface area contributed by atoms with Crippen LogP contribution in [0.1, 0.15) is 31.1 Å². The molecular weight excluding hydrogens is 304 g/mol. The van der Waals surface area contributed by atoms with Gasteiger partial charge in [-0.2, -0.15) is 0 Å². The lowest BCUT2D eigenvalue weighted by Gasteiger charge is -2.26. The second-order valence-electron chi connectivity index (χ2n) is 5.99. The van der Waals surface area contributed by atoms with Gasteiger partial charge < -0.3 is 14.5 Å². The molecule has 0 spiro atoms. The van der Waals surface area contributed by atoms with Gasteiger partial charge in [0, 0.05) is 6.54 Å². The summed E-state index contributed by atoms with van der Waals surface area (Å²) >= 11 is 0. The number of rotatable bonds is 8. The summed E-state index contributed by atoms with van der Waals surface area (Å²) in [6, 6.07) is 13.5. The van der Waals surface area contributed by atoms with Crippen molar-refractivity contribution in [1.29, 1.82) is 0 Å². The molecule has 2 heterocycles. The van der Waals surface area contributed by atoms with E-state index < -0.39 is 0 Å². The molecule has 1 amide bonds. The summed E-state index contributed by atoms with van der Waals surface area (Å²) in [4.78, 5) is 14.5. The van der Waals surface area contributed by atoms with Gasteiger partial charge in [-0.3, -0.25) is 9.69 Å². The highest BCUT2D eigenvalue weighted by molar-refractivity contribution is 5.76. The molecule has 1 aromatic heterocycles. The van der Waals surface area contributed by atoms with Crippen molar-refractivity contribution in [1.82, 2.24) is 10.2 Å². The monoisotopic (exact) mass is 328 g/mol.